The summed E-state index contributed by atoms with van der Waals surface area (Å²) >= 11 is 0. The van der Waals surface area contributed by atoms with Crippen LogP contribution in [-0.4, -0.2) is 13.7 Å². The summed E-state index contributed by atoms with van der Waals surface area (Å²) in [5.74, 6) is 1.18. The van der Waals surface area contributed by atoms with Crippen molar-refractivity contribution in [2.45, 2.75) is 12.5 Å². The van der Waals surface area contributed by atoms with E-state index in [2.05, 4.69) is 0 Å². The van der Waals surface area contributed by atoms with Gasteiger partial charge in [-0.25, -0.2) is 4.39 Å². The number of nitrogens with two attached hydrogens (primary N) is 1. The molecule has 0 amide bonds. The van der Waals surface area contributed by atoms with E-state index in [0.717, 1.165) is 23.3 Å². The average molecular weight is 273 g/mol. The Morgan fingerprint density at radius 1 is 1.25 bits per heavy atom. The second-order valence-electron chi connectivity index (χ2n) is 4.83. The molecule has 3 nitrogen and oxygen atoms in total. The van der Waals surface area contributed by atoms with Gasteiger partial charge in [-0.3, -0.25) is 0 Å². The van der Waals surface area contributed by atoms with E-state index in [1.165, 1.54) is 12.1 Å². The third-order valence-electron chi connectivity index (χ3n) is 3.60. The molecular weight excluding hydrogens is 257 g/mol. The zero-order valence-corrected chi connectivity index (χ0v) is 11.2. The quantitative estimate of drug-likeness (QED) is 0.935. The minimum Gasteiger partial charge on any atom is -0.496 e. The zero-order valence-electron chi connectivity index (χ0n) is 11.2. The smallest absolute Gasteiger partial charge is 0.124 e. The molecule has 0 radical (unpaired) electrons. The summed E-state index contributed by atoms with van der Waals surface area (Å²) in [6, 6.07) is 9.83. The number of hydrogen-bond donors (Lipinski definition) is 1. The lowest BCUT2D eigenvalue weighted by molar-refractivity contribution is 0.357. The van der Waals surface area contributed by atoms with Gasteiger partial charge in [-0.2, -0.15) is 0 Å². The lowest BCUT2D eigenvalue weighted by atomic mass is 9.96. The molecule has 1 atom stereocenters. The Hall–Kier alpha value is -2.07. The van der Waals surface area contributed by atoms with Crippen LogP contribution in [0, 0.1) is 5.82 Å². The Morgan fingerprint density at radius 2 is 2.10 bits per heavy atom. The third-order valence-corrected chi connectivity index (χ3v) is 3.60. The molecule has 4 heteroatoms. The summed E-state index contributed by atoms with van der Waals surface area (Å²) in [5, 5.41) is 0. The van der Waals surface area contributed by atoms with E-state index in [-0.39, 0.29) is 5.82 Å². The first-order chi connectivity index (χ1) is 9.69. The van der Waals surface area contributed by atoms with E-state index in [4.69, 9.17) is 15.2 Å². The number of fused-ring (bicyclic) bond motifs is 1. The predicted octanol–water partition coefficient (Wildman–Crippen LogP) is 2.82. The Kier molecular flexibility index (Phi) is 3.32. The number of ether oxygens (including phenoxy) is 2. The first kappa shape index (κ1) is 12.9. The molecule has 2 aromatic rings. The second-order valence-corrected chi connectivity index (χ2v) is 4.83. The van der Waals surface area contributed by atoms with E-state index in [9.17, 15) is 4.39 Å². The zero-order chi connectivity index (χ0) is 14.1. The normalized spacial score (nSPS) is 14.6. The van der Waals surface area contributed by atoms with Crippen molar-refractivity contribution in [1.82, 2.24) is 0 Å². The first-order valence-electron chi connectivity index (χ1n) is 6.53. The lowest BCUT2D eigenvalue weighted by Crippen LogP contribution is -2.13. The van der Waals surface area contributed by atoms with Crippen LogP contribution in [0.1, 0.15) is 22.7 Å². The molecule has 1 aliphatic heterocycles. The van der Waals surface area contributed by atoms with Crippen LogP contribution >= 0.6 is 0 Å². The molecule has 1 unspecified atom stereocenters. The van der Waals surface area contributed by atoms with Crippen molar-refractivity contribution >= 4 is 0 Å². The Labute approximate surface area is 117 Å². The van der Waals surface area contributed by atoms with Gasteiger partial charge in [-0.05, 0) is 35.4 Å². The Bertz CT molecular complexity index is 642. The number of methoxy groups -OCH3 is 1. The van der Waals surface area contributed by atoms with Crippen LogP contribution in [0.25, 0.3) is 0 Å². The molecule has 0 saturated heterocycles. The molecule has 2 aromatic carbocycles. The molecule has 0 fully saturated rings. The topological polar surface area (TPSA) is 44.5 Å². The van der Waals surface area contributed by atoms with Gasteiger partial charge in [0.25, 0.3) is 0 Å². The molecule has 0 bridgehead atoms. The molecule has 1 aliphatic rings. The first-order valence-corrected chi connectivity index (χ1v) is 6.53. The molecule has 3 rings (SSSR count). The highest BCUT2D eigenvalue weighted by atomic mass is 19.1. The summed E-state index contributed by atoms with van der Waals surface area (Å²) in [6.45, 7) is 0.706. The maximum Gasteiger partial charge on any atom is 0.124 e. The second kappa shape index (κ2) is 5.13. The van der Waals surface area contributed by atoms with Gasteiger partial charge < -0.3 is 15.2 Å². The van der Waals surface area contributed by atoms with Gasteiger partial charge in [0.1, 0.15) is 17.3 Å². The summed E-state index contributed by atoms with van der Waals surface area (Å²) in [6.07, 6.45) is 0.885. The number of rotatable bonds is 3. The van der Waals surface area contributed by atoms with Crippen molar-refractivity contribution in [2.75, 3.05) is 13.7 Å². The van der Waals surface area contributed by atoms with Crippen molar-refractivity contribution in [2.24, 2.45) is 5.73 Å². The van der Waals surface area contributed by atoms with Crippen LogP contribution in [0.3, 0.4) is 0 Å². The van der Waals surface area contributed by atoms with Crippen molar-refractivity contribution in [1.29, 1.82) is 0 Å². The summed E-state index contributed by atoms with van der Waals surface area (Å²) in [4.78, 5) is 0. The van der Waals surface area contributed by atoms with Gasteiger partial charge >= 0.3 is 0 Å². The standard InChI is InChI=1S/C16H16FNO2/c1-19-15-5-3-12(17)9-13(15)16(18)11-2-4-14-10(8-11)6-7-20-14/h2-5,8-9,16H,6-7,18H2,1H3. The maximum absolute atomic E-state index is 13.4. The van der Waals surface area contributed by atoms with Crippen molar-refractivity contribution < 1.29 is 13.9 Å². The van der Waals surface area contributed by atoms with Gasteiger partial charge in [0.2, 0.25) is 0 Å². The van der Waals surface area contributed by atoms with Crippen LogP contribution in [0.5, 0.6) is 11.5 Å². The summed E-state index contributed by atoms with van der Waals surface area (Å²) in [5.41, 5.74) is 8.99. The van der Waals surface area contributed by atoms with Gasteiger partial charge in [0.15, 0.2) is 0 Å². The monoisotopic (exact) mass is 273 g/mol. The van der Waals surface area contributed by atoms with Crippen LogP contribution in [0.2, 0.25) is 0 Å². The lowest BCUT2D eigenvalue weighted by Gasteiger charge is -2.17. The molecular formula is C16H16FNO2. The van der Waals surface area contributed by atoms with Crippen molar-refractivity contribution in [3.8, 4) is 11.5 Å². The highest BCUT2D eigenvalue weighted by molar-refractivity contribution is 5.46. The molecule has 20 heavy (non-hydrogen) atoms. The molecule has 0 spiro atoms. The molecule has 2 N–H and O–H groups in total. The van der Waals surface area contributed by atoms with Crippen LogP contribution < -0.4 is 15.2 Å². The van der Waals surface area contributed by atoms with E-state index >= 15 is 0 Å². The SMILES string of the molecule is COc1ccc(F)cc1C(N)c1ccc2c(c1)CCO2. The Balaban J connectivity index is 2.00. The highest BCUT2D eigenvalue weighted by Gasteiger charge is 2.18. The van der Waals surface area contributed by atoms with Gasteiger partial charge in [0, 0.05) is 12.0 Å². The molecule has 104 valence electrons. The fourth-order valence-corrected chi connectivity index (χ4v) is 2.53. The number of halogens is 1. The van der Waals surface area contributed by atoms with Crippen molar-refractivity contribution in [3.05, 3.63) is 58.9 Å². The molecule has 0 saturated carbocycles. The van der Waals surface area contributed by atoms with E-state index in [1.54, 1.807) is 13.2 Å². The minimum atomic E-state index is -0.424. The highest BCUT2D eigenvalue weighted by Crippen LogP contribution is 2.33. The predicted molar refractivity (Wildman–Crippen MR) is 74.6 cm³/mol. The van der Waals surface area contributed by atoms with Crippen LogP contribution in [0.15, 0.2) is 36.4 Å². The largest absolute Gasteiger partial charge is 0.496 e. The molecule has 0 aliphatic carbocycles. The van der Waals surface area contributed by atoms with E-state index in [1.807, 2.05) is 18.2 Å². The average Bonchev–Trinajstić information content (AvgIpc) is 2.93. The minimum absolute atomic E-state index is 0.319. The number of hydrogen-bond acceptors (Lipinski definition) is 3. The molecule has 1 heterocycles. The summed E-state index contributed by atoms with van der Waals surface area (Å²) in [7, 11) is 1.56. The maximum atomic E-state index is 13.4. The van der Waals surface area contributed by atoms with Crippen LogP contribution in [-0.2, 0) is 6.42 Å². The molecule has 0 aromatic heterocycles. The summed E-state index contributed by atoms with van der Waals surface area (Å²) < 4.78 is 24.2. The number of benzene rings is 2. The fourth-order valence-electron chi connectivity index (χ4n) is 2.53. The fraction of sp³-hybridized carbons (Fsp3) is 0.250. The Morgan fingerprint density at radius 3 is 2.90 bits per heavy atom. The van der Waals surface area contributed by atoms with Gasteiger partial charge in [0.05, 0.1) is 19.8 Å². The van der Waals surface area contributed by atoms with E-state index < -0.39 is 6.04 Å². The van der Waals surface area contributed by atoms with Gasteiger partial charge in [-0.1, -0.05) is 12.1 Å². The van der Waals surface area contributed by atoms with Crippen molar-refractivity contribution in [3.63, 3.8) is 0 Å². The van der Waals surface area contributed by atoms with E-state index in [0.29, 0.717) is 17.9 Å². The van der Waals surface area contributed by atoms with Crippen LogP contribution in [0.4, 0.5) is 4.39 Å². The van der Waals surface area contributed by atoms with Gasteiger partial charge in [-0.15, -0.1) is 0 Å². The third kappa shape index (κ3) is 2.23.